The minimum absolute atomic E-state index is 0. The Labute approximate surface area is 70.1 Å². The highest BCUT2D eigenvalue weighted by Crippen LogP contribution is 2.32. The Morgan fingerprint density at radius 3 is 1.27 bits per heavy atom. The average Bonchev–Trinajstić information content (AvgIpc) is 1.62. The van der Waals surface area contributed by atoms with Gasteiger partial charge in [0.05, 0.1) is 5.66 Å². The summed E-state index contributed by atoms with van der Waals surface area (Å²) in [7, 11) is 0. The van der Waals surface area contributed by atoms with Gasteiger partial charge in [-0.3, -0.25) is 0 Å². The van der Waals surface area contributed by atoms with Crippen molar-refractivity contribution < 1.29 is 0 Å². The van der Waals surface area contributed by atoms with E-state index < -0.39 is 5.66 Å². The summed E-state index contributed by atoms with van der Waals surface area (Å²) in [5.74, 6) is 0.507. The molecule has 0 saturated carbocycles. The fourth-order valence-electron chi connectivity index (χ4n) is 0.622. The van der Waals surface area contributed by atoms with E-state index in [2.05, 4.69) is 27.7 Å². The smallest absolute Gasteiger partial charge is 0.0662 e. The normalized spacial score (nSPS) is 13.1. The highest BCUT2D eigenvalue weighted by molar-refractivity contribution is 4.90. The zero-order valence-corrected chi connectivity index (χ0v) is 8.44. The van der Waals surface area contributed by atoms with E-state index in [1.165, 1.54) is 0 Å². The molecule has 0 bridgehead atoms. The zero-order valence-electron chi connectivity index (χ0n) is 8.44. The highest BCUT2D eigenvalue weighted by atomic mass is 15.0. The van der Waals surface area contributed by atoms with E-state index in [0.717, 1.165) is 0 Å². The van der Waals surface area contributed by atoms with Crippen LogP contribution in [0.4, 0.5) is 0 Å². The van der Waals surface area contributed by atoms with E-state index in [1.807, 2.05) is 6.92 Å². The number of hydrogen-bond donors (Lipinski definition) is 3. The van der Waals surface area contributed by atoms with Gasteiger partial charge in [0.2, 0.25) is 0 Å². The molecule has 0 aliphatic carbocycles. The van der Waals surface area contributed by atoms with Gasteiger partial charge in [0.25, 0.3) is 0 Å². The van der Waals surface area contributed by atoms with Crippen LogP contribution in [0.1, 0.15) is 34.6 Å². The Balaban J connectivity index is 0. The second-order valence-electron chi connectivity index (χ2n) is 4.16. The van der Waals surface area contributed by atoms with Crippen molar-refractivity contribution in [1.82, 2.24) is 6.15 Å². The molecule has 0 spiro atoms. The molecule has 0 radical (unpaired) electrons. The van der Waals surface area contributed by atoms with Crippen molar-refractivity contribution in [1.29, 1.82) is 0 Å². The molecular weight excluding hydrogens is 138 g/mol. The van der Waals surface area contributed by atoms with Crippen LogP contribution in [0.2, 0.25) is 0 Å². The molecule has 7 N–H and O–H groups in total. The van der Waals surface area contributed by atoms with Gasteiger partial charge in [0, 0.05) is 0 Å². The first-order valence-corrected chi connectivity index (χ1v) is 3.77. The van der Waals surface area contributed by atoms with E-state index in [0.29, 0.717) is 5.92 Å². The van der Waals surface area contributed by atoms with Crippen molar-refractivity contribution in [3.8, 4) is 0 Å². The second-order valence-corrected chi connectivity index (χ2v) is 4.16. The van der Waals surface area contributed by atoms with Gasteiger partial charge in [-0.15, -0.1) is 0 Å². The fourth-order valence-corrected chi connectivity index (χ4v) is 0.622. The Kier molecular flexibility index (Phi) is 4.31. The van der Waals surface area contributed by atoms with Crippen LogP contribution in [-0.4, -0.2) is 5.66 Å². The summed E-state index contributed by atoms with van der Waals surface area (Å²) >= 11 is 0. The van der Waals surface area contributed by atoms with Gasteiger partial charge in [-0.2, -0.15) is 0 Å². The Hall–Kier alpha value is -0.120. The summed E-state index contributed by atoms with van der Waals surface area (Å²) in [4.78, 5) is 0. The number of rotatable bonds is 2. The van der Waals surface area contributed by atoms with Crippen LogP contribution in [0.15, 0.2) is 0 Å². The first-order chi connectivity index (χ1) is 4.19. The molecule has 0 amide bonds. The van der Waals surface area contributed by atoms with Gasteiger partial charge in [0.15, 0.2) is 0 Å². The minimum atomic E-state index is -0.582. The van der Waals surface area contributed by atoms with Crippen LogP contribution in [0.5, 0.6) is 0 Å². The maximum absolute atomic E-state index is 5.79. The van der Waals surface area contributed by atoms with Crippen molar-refractivity contribution >= 4 is 0 Å². The van der Waals surface area contributed by atoms with E-state index in [1.54, 1.807) is 0 Å². The molecule has 0 saturated heterocycles. The van der Waals surface area contributed by atoms with Crippen LogP contribution in [0, 0.1) is 11.3 Å². The summed E-state index contributed by atoms with van der Waals surface area (Å²) in [6.07, 6.45) is 0. The standard InChI is InChI=1S/C8H20N2.H3N/c1-6(2)7(3,4)8(5,9)10;/h6H,9-10H2,1-5H3;1H3. The van der Waals surface area contributed by atoms with Crippen molar-refractivity contribution in [2.45, 2.75) is 40.3 Å². The molecular formula is C8H23N3. The molecule has 70 valence electrons. The quantitative estimate of drug-likeness (QED) is 0.536. The molecule has 0 fully saturated rings. The predicted molar refractivity (Wildman–Crippen MR) is 50.4 cm³/mol. The van der Waals surface area contributed by atoms with Gasteiger partial charge in [-0.25, -0.2) is 0 Å². The summed E-state index contributed by atoms with van der Waals surface area (Å²) in [6, 6.07) is 0. The van der Waals surface area contributed by atoms with Gasteiger partial charge in [-0.1, -0.05) is 27.7 Å². The third kappa shape index (κ3) is 2.77. The Morgan fingerprint density at radius 2 is 1.27 bits per heavy atom. The molecule has 0 unspecified atom stereocenters. The molecule has 0 aromatic carbocycles. The van der Waals surface area contributed by atoms with Crippen LogP contribution >= 0.6 is 0 Å². The Bertz CT molecular complexity index is 111. The van der Waals surface area contributed by atoms with Crippen LogP contribution in [0.3, 0.4) is 0 Å². The van der Waals surface area contributed by atoms with E-state index in [4.69, 9.17) is 11.5 Å². The number of hydrogen-bond acceptors (Lipinski definition) is 3. The molecule has 0 aliphatic heterocycles. The summed E-state index contributed by atoms with van der Waals surface area (Å²) in [5, 5.41) is 0. The third-order valence-electron chi connectivity index (χ3n) is 2.83. The van der Waals surface area contributed by atoms with Gasteiger partial charge in [-0.05, 0) is 18.3 Å². The van der Waals surface area contributed by atoms with Crippen molar-refractivity contribution in [3.05, 3.63) is 0 Å². The van der Waals surface area contributed by atoms with Crippen molar-refractivity contribution in [3.63, 3.8) is 0 Å². The first-order valence-electron chi connectivity index (χ1n) is 3.77. The summed E-state index contributed by atoms with van der Waals surface area (Å²) in [5.41, 5.74) is 11.0. The average molecular weight is 161 g/mol. The lowest BCUT2D eigenvalue weighted by atomic mass is 9.72. The third-order valence-corrected chi connectivity index (χ3v) is 2.83. The second kappa shape index (κ2) is 3.52. The van der Waals surface area contributed by atoms with Crippen LogP contribution in [-0.2, 0) is 0 Å². The fraction of sp³-hybridized carbons (Fsp3) is 1.00. The first kappa shape index (κ1) is 13.5. The molecule has 0 atom stereocenters. The van der Waals surface area contributed by atoms with Gasteiger partial charge < -0.3 is 17.6 Å². The summed E-state index contributed by atoms with van der Waals surface area (Å²) in [6.45, 7) is 10.3. The predicted octanol–water partition coefficient (Wildman–Crippen LogP) is 1.46. The SMILES string of the molecule is CC(C)C(C)(C)C(C)(N)N.N. The lowest BCUT2D eigenvalue weighted by molar-refractivity contribution is 0.121. The topological polar surface area (TPSA) is 87.0 Å². The van der Waals surface area contributed by atoms with Crippen LogP contribution < -0.4 is 17.6 Å². The maximum Gasteiger partial charge on any atom is 0.0662 e. The van der Waals surface area contributed by atoms with E-state index >= 15 is 0 Å². The molecule has 0 aromatic heterocycles. The Morgan fingerprint density at radius 1 is 1.00 bits per heavy atom. The summed E-state index contributed by atoms with van der Waals surface area (Å²) < 4.78 is 0. The molecule has 0 rings (SSSR count). The van der Waals surface area contributed by atoms with Crippen LogP contribution in [0.25, 0.3) is 0 Å². The molecule has 3 nitrogen and oxygen atoms in total. The number of nitrogens with two attached hydrogens (primary N) is 2. The maximum atomic E-state index is 5.79. The largest absolute Gasteiger partial charge is 0.344 e. The molecule has 0 aromatic rings. The lowest BCUT2D eigenvalue weighted by Crippen LogP contribution is -2.59. The van der Waals surface area contributed by atoms with Crippen molar-refractivity contribution in [2.24, 2.45) is 22.8 Å². The highest BCUT2D eigenvalue weighted by Gasteiger charge is 2.36. The minimum Gasteiger partial charge on any atom is -0.344 e. The van der Waals surface area contributed by atoms with Gasteiger partial charge >= 0.3 is 0 Å². The molecule has 0 heterocycles. The van der Waals surface area contributed by atoms with Crippen molar-refractivity contribution in [2.75, 3.05) is 0 Å². The molecule has 3 heteroatoms. The lowest BCUT2D eigenvalue weighted by Gasteiger charge is -2.41. The van der Waals surface area contributed by atoms with Gasteiger partial charge in [0.1, 0.15) is 0 Å². The van der Waals surface area contributed by atoms with E-state index in [-0.39, 0.29) is 11.6 Å². The zero-order chi connectivity index (χ0) is 8.58. The molecule has 11 heavy (non-hydrogen) atoms. The molecule has 0 aliphatic rings. The monoisotopic (exact) mass is 161 g/mol. The van der Waals surface area contributed by atoms with E-state index in [9.17, 15) is 0 Å².